The molecule has 0 aromatic heterocycles. The predicted octanol–water partition coefficient (Wildman–Crippen LogP) is 3.67. The van der Waals surface area contributed by atoms with Crippen molar-refractivity contribution in [3.8, 4) is 17.6 Å². The molecule has 1 aromatic carbocycles. The van der Waals surface area contributed by atoms with Crippen LogP contribution in [-0.4, -0.2) is 25.7 Å². The third kappa shape index (κ3) is 5.38. The fourth-order valence-corrected chi connectivity index (χ4v) is 3.34. The summed E-state index contributed by atoms with van der Waals surface area (Å²) in [5.74, 6) is 2.44. The van der Waals surface area contributed by atoms with Crippen LogP contribution in [0.5, 0.6) is 11.5 Å². The average molecular weight is 344 g/mol. The molecule has 2 rings (SSSR count). The van der Waals surface area contributed by atoms with Gasteiger partial charge in [0.1, 0.15) is 0 Å². The molecule has 5 nitrogen and oxygen atoms in total. The number of nitriles is 1. The van der Waals surface area contributed by atoms with Crippen LogP contribution >= 0.6 is 0 Å². The Bertz CT molecular complexity index is 624. The third-order valence-electron chi connectivity index (χ3n) is 5.15. The molecule has 1 amide bonds. The molecular formula is C20H28N2O3. The normalized spacial score (nSPS) is 22.7. The van der Waals surface area contributed by atoms with E-state index in [1.807, 2.05) is 0 Å². The van der Waals surface area contributed by atoms with Crippen LogP contribution in [0, 0.1) is 23.2 Å². The van der Waals surface area contributed by atoms with E-state index in [-0.39, 0.29) is 5.91 Å². The Morgan fingerprint density at radius 1 is 1.32 bits per heavy atom. The van der Waals surface area contributed by atoms with Crippen LogP contribution in [0.1, 0.15) is 51.5 Å². The van der Waals surface area contributed by atoms with Crippen LogP contribution in [-0.2, 0) is 4.79 Å². The van der Waals surface area contributed by atoms with Gasteiger partial charge >= 0.3 is 0 Å². The zero-order valence-corrected chi connectivity index (χ0v) is 15.4. The fraction of sp³-hybridized carbons (Fsp3) is 0.600. The second kappa shape index (κ2) is 9.31. The Balaban J connectivity index is 1.74. The molecule has 1 aliphatic carbocycles. The highest BCUT2D eigenvalue weighted by Crippen LogP contribution is 2.30. The number of benzene rings is 1. The summed E-state index contributed by atoms with van der Waals surface area (Å²) in [4.78, 5) is 12.2. The van der Waals surface area contributed by atoms with Crippen molar-refractivity contribution in [3.63, 3.8) is 0 Å². The van der Waals surface area contributed by atoms with E-state index in [1.54, 1.807) is 25.3 Å². The standard InChI is InChI=1S/C20H28N2O3/c1-14-6-4-7-17(15(14)2)22-20(23)8-5-11-25-18-10-9-16(13-21)12-19(18)24-3/h9-10,12,14-15,17H,4-8,11H2,1-3H3,(H,22,23)/t14-,15+,17+/m0/s1. The van der Waals surface area contributed by atoms with E-state index in [9.17, 15) is 4.79 Å². The molecule has 0 radical (unpaired) electrons. The van der Waals surface area contributed by atoms with Gasteiger partial charge in [0, 0.05) is 18.5 Å². The summed E-state index contributed by atoms with van der Waals surface area (Å²) in [5, 5.41) is 12.1. The fourth-order valence-electron chi connectivity index (χ4n) is 3.34. The summed E-state index contributed by atoms with van der Waals surface area (Å²) >= 11 is 0. The number of rotatable bonds is 7. The maximum Gasteiger partial charge on any atom is 0.220 e. The van der Waals surface area contributed by atoms with Crippen molar-refractivity contribution in [2.75, 3.05) is 13.7 Å². The first-order valence-corrected chi connectivity index (χ1v) is 9.05. The van der Waals surface area contributed by atoms with Crippen LogP contribution in [0.15, 0.2) is 18.2 Å². The minimum Gasteiger partial charge on any atom is -0.493 e. The van der Waals surface area contributed by atoms with Crippen molar-refractivity contribution < 1.29 is 14.3 Å². The van der Waals surface area contributed by atoms with Gasteiger partial charge in [-0.3, -0.25) is 4.79 Å². The number of nitrogens with zero attached hydrogens (tertiary/aromatic N) is 1. The highest BCUT2D eigenvalue weighted by Gasteiger charge is 2.27. The summed E-state index contributed by atoms with van der Waals surface area (Å²) in [7, 11) is 1.54. The largest absolute Gasteiger partial charge is 0.493 e. The van der Waals surface area contributed by atoms with Crippen molar-refractivity contribution in [1.29, 1.82) is 5.26 Å². The molecule has 1 saturated carbocycles. The molecule has 0 saturated heterocycles. The summed E-state index contributed by atoms with van der Waals surface area (Å²) in [5.41, 5.74) is 0.527. The summed E-state index contributed by atoms with van der Waals surface area (Å²) in [6.45, 7) is 4.93. The average Bonchev–Trinajstić information content (AvgIpc) is 2.62. The van der Waals surface area contributed by atoms with Crippen molar-refractivity contribution in [2.24, 2.45) is 11.8 Å². The van der Waals surface area contributed by atoms with Crippen molar-refractivity contribution in [3.05, 3.63) is 23.8 Å². The molecule has 1 fully saturated rings. The quantitative estimate of drug-likeness (QED) is 0.766. The third-order valence-corrected chi connectivity index (χ3v) is 5.15. The first-order chi connectivity index (χ1) is 12.0. The van der Waals surface area contributed by atoms with E-state index >= 15 is 0 Å². The minimum atomic E-state index is 0.0985. The molecule has 0 aliphatic heterocycles. The molecule has 0 heterocycles. The van der Waals surface area contributed by atoms with E-state index < -0.39 is 0 Å². The highest BCUT2D eigenvalue weighted by atomic mass is 16.5. The van der Waals surface area contributed by atoms with Gasteiger partial charge in [-0.25, -0.2) is 0 Å². The zero-order chi connectivity index (χ0) is 18.2. The summed E-state index contributed by atoms with van der Waals surface area (Å²) < 4.78 is 10.9. The topological polar surface area (TPSA) is 71.3 Å². The summed E-state index contributed by atoms with van der Waals surface area (Å²) in [6.07, 6.45) is 4.63. The lowest BCUT2D eigenvalue weighted by Gasteiger charge is -2.34. The molecule has 136 valence electrons. The first-order valence-electron chi connectivity index (χ1n) is 9.05. The number of amides is 1. The SMILES string of the molecule is COc1cc(C#N)ccc1OCCCC(=O)N[C@@H]1CCC[C@H](C)[C@H]1C. The Morgan fingerprint density at radius 2 is 2.12 bits per heavy atom. The number of hydrogen-bond donors (Lipinski definition) is 1. The molecule has 5 heteroatoms. The van der Waals surface area contributed by atoms with E-state index in [2.05, 4.69) is 25.2 Å². The van der Waals surface area contributed by atoms with Crippen LogP contribution in [0.2, 0.25) is 0 Å². The second-order valence-electron chi connectivity index (χ2n) is 6.87. The number of ether oxygens (including phenoxy) is 2. The molecule has 1 aliphatic rings. The summed E-state index contributed by atoms with van der Waals surface area (Å²) in [6, 6.07) is 7.43. The molecule has 0 spiro atoms. The van der Waals surface area contributed by atoms with Crippen molar-refractivity contribution in [1.82, 2.24) is 5.32 Å². The van der Waals surface area contributed by atoms with E-state index in [1.165, 1.54) is 12.8 Å². The van der Waals surface area contributed by atoms with Gasteiger partial charge in [0.05, 0.1) is 25.3 Å². The van der Waals surface area contributed by atoms with Gasteiger partial charge in [0.2, 0.25) is 5.91 Å². The van der Waals surface area contributed by atoms with Gasteiger partial charge in [0.25, 0.3) is 0 Å². The van der Waals surface area contributed by atoms with Gasteiger partial charge in [0.15, 0.2) is 11.5 Å². The predicted molar refractivity (Wildman–Crippen MR) is 96.5 cm³/mol. The van der Waals surface area contributed by atoms with E-state index in [0.29, 0.717) is 54.4 Å². The molecule has 3 atom stereocenters. The van der Waals surface area contributed by atoms with E-state index in [4.69, 9.17) is 14.7 Å². The number of hydrogen-bond acceptors (Lipinski definition) is 4. The Kier molecular flexibility index (Phi) is 7.12. The molecule has 0 unspecified atom stereocenters. The number of carbonyl (C=O) groups is 1. The van der Waals surface area contributed by atoms with Gasteiger partial charge in [-0.2, -0.15) is 5.26 Å². The number of nitrogens with one attached hydrogen (secondary N) is 1. The Labute approximate surface area is 150 Å². The van der Waals surface area contributed by atoms with Gasteiger partial charge in [-0.15, -0.1) is 0 Å². The monoisotopic (exact) mass is 344 g/mol. The van der Waals surface area contributed by atoms with Crippen molar-refractivity contribution >= 4 is 5.91 Å². The lowest BCUT2D eigenvalue weighted by atomic mass is 9.78. The maximum absolute atomic E-state index is 12.2. The lowest BCUT2D eigenvalue weighted by Crippen LogP contribution is -2.43. The smallest absolute Gasteiger partial charge is 0.220 e. The Hall–Kier alpha value is -2.22. The van der Waals surface area contributed by atoms with Gasteiger partial charge < -0.3 is 14.8 Å². The van der Waals surface area contributed by atoms with Crippen LogP contribution < -0.4 is 14.8 Å². The highest BCUT2D eigenvalue weighted by molar-refractivity contribution is 5.76. The van der Waals surface area contributed by atoms with Crippen LogP contribution in [0.3, 0.4) is 0 Å². The Morgan fingerprint density at radius 3 is 2.84 bits per heavy atom. The van der Waals surface area contributed by atoms with E-state index in [0.717, 1.165) is 6.42 Å². The molecular weight excluding hydrogens is 316 g/mol. The van der Waals surface area contributed by atoms with Gasteiger partial charge in [-0.1, -0.05) is 26.7 Å². The first kappa shape index (κ1) is 19.1. The maximum atomic E-state index is 12.2. The van der Waals surface area contributed by atoms with Crippen molar-refractivity contribution in [2.45, 2.75) is 52.0 Å². The number of carbonyl (C=O) groups excluding carboxylic acids is 1. The molecule has 1 aromatic rings. The zero-order valence-electron chi connectivity index (χ0n) is 15.4. The molecule has 1 N–H and O–H groups in total. The minimum absolute atomic E-state index is 0.0985. The second-order valence-corrected chi connectivity index (χ2v) is 6.87. The molecule has 0 bridgehead atoms. The van der Waals surface area contributed by atoms with Crippen LogP contribution in [0.25, 0.3) is 0 Å². The number of methoxy groups -OCH3 is 1. The van der Waals surface area contributed by atoms with Gasteiger partial charge in [-0.05, 0) is 36.8 Å². The lowest BCUT2D eigenvalue weighted by molar-refractivity contribution is -0.122. The van der Waals surface area contributed by atoms with Crippen LogP contribution in [0.4, 0.5) is 0 Å². The molecule has 25 heavy (non-hydrogen) atoms.